The standard InChI is InChI=1S/C18H20ClN3O3.H2O/c1-4-20-17(23)12-6-5-7-13(9-12)21-18(24)22-15-10-14(19)11(2)8-16(15)25-3;/h5-10H,4H2,1-3H3,(H,20,23)(H2,21,22,24);1H2. The summed E-state index contributed by atoms with van der Waals surface area (Å²) in [6.45, 7) is 4.22. The van der Waals surface area contributed by atoms with Crippen molar-refractivity contribution in [1.82, 2.24) is 5.32 Å². The summed E-state index contributed by atoms with van der Waals surface area (Å²) < 4.78 is 5.26. The number of ether oxygens (including phenoxy) is 1. The predicted molar refractivity (Wildman–Crippen MR) is 103 cm³/mol. The smallest absolute Gasteiger partial charge is 0.323 e. The second-order valence-electron chi connectivity index (χ2n) is 5.32. The number of methoxy groups -OCH3 is 1. The van der Waals surface area contributed by atoms with E-state index in [0.29, 0.717) is 34.3 Å². The molecule has 8 heteroatoms. The van der Waals surface area contributed by atoms with Crippen molar-refractivity contribution in [2.24, 2.45) is 0 Å². The van der Waals surface area contributed by atoms with Gasteiger partial charge in [-0.05, 0) is 49.7 Å². The number of urea groups is 1. The first kappa shape index (κ1) is 21.3. The van der Waals surface area contributed by atoms with Crippen molar-refractivity contribution in [2.45, 2.75) is 13.8 Å². The lowest BCUT2D eigenvalue weighted by molar-refractivity contribution is 0.0956. The van der Waals surface area contributed by atoms with Crippen molar-refractivity contribution in [3.63, 3.8) is 0 Å². The van der Waals surface area contributed by atoms with E-state index in [0.717, 1.165) is 5.56 Å². The van der Waals surface area contributed by atoms with Gasteiger partial charge in [0.2, 0.25) is 0 Å². The van der Waals surface area contributed by atoms with Gasteiger partial charge < -0.3 is 26.2 Å². The summed E-state index contributed by atoms with van der Waals surface area (Å²) in [4.78, 5) is 24.1. The first-order valence-corrected chi connectivity index (χ1v) is 8.12. The van der Waals surface area contributed by atoms with Crippen LogP contribution in [-0.4, -0.2) is 31.1 Å². The summed E-state index contributed by atoms with van der Waals surface area (Å²) in [6.07, 6.45) is 0. The Labute approximate surface area is 157 Å². The quantitative estimate of drug-likeness (QED) is 0.741. The Kier molecular flexibility index (Phi) is 7.89. The van der Waals surface area contributed by atoms with Gasteiger partial charge in [0.1, 0.15) is 5.75 Å². The van der Waals surface area contributed by atoms with Gasteiger partial charge in [-0.3, -0.25) is 4.79 Å². The highest BCUT2D eigenvalue weighted by Gasteiger charge is 2.11. The molecular weight excluding hydrogens is 358 g/mol. The van der Waals surface area contributed by atoms with Gasteiger partial charge in [-0.1, -0.05) is 17.7 Å². The van der Waals surface area contributed by atoms with Crippen LogP contribution in [0.2, 0.25) is 5.02 Å². The fourth-order valence-corrected chi connectivity index (χ4v) is 2.37. The zero-order valence-corrected chi connectivity index (χ0v) is 15.5. The van der Waals surface area contributed by atoms with Crippen LogP contribution in [0, 0.1) is 6.92 Å². The van der Waals surface area contributed by atoms with Crippen LogP contribution >= 0.6 is 11.6 Å². The third-order valence-corrected chi connectivity index (χ3v) is 3.86. The van der Waals surface area contributed by atoms with Gasteiger partial charge in [0.15, 0.2) is 0 Å². The molecule has 0 saturated heterocycles. The summed E-state index contributed by atoms with van der Waals surface area (Å²) >= 11 is 6.10. The van der Waals surface area contributed by atoms with Crippen LogP contribution in [0.25, 0.3) is 0 Å². The van der Waals surface area contributed by atoms with Crippen LogP contribution < -0.4 is 20.7 Å². The Morgan fingerprint density at radius 2 is 1.88 bits per heavy atom. The van der Waals surface area contributed by atoms with Gasteiger partial charge in [0.05, 0.1) is 12.8 Å². The van der Waals surface area contributed by atoms with E-state index in [2.05, 4.69) is 16.0 Å². The van der Waals surface area contributed by atoms with E-state index in [1.54, 1.807) is 36.4 Å². The average molecular weight is 380 g/mol. The van der Waals surface area contributed by atoms with E-state index in [4.69, 9.17) is 16.3 Å². The van der Waals surface area contributed by atoms with Crippen LogP contribution in [-0.2, 0) is 0 Å². The number of hydrogen-bond acceptors (Lipinski definition) is 3. The number of aryl methyl sites for hydroxylation is 1. The van der Waals surface area contributed by atoms with E-state index in [-0.39, 0.29) is 11.4 Å². The minimum Gasteiger partial charge on any atom is -0.495 e. The Balaban J connectivity index is 0.00000338. The third kappa shape index (κ3) is 5.37. The lowest BCUT2D eigenvalue weighted by Crippen LogP contribution is -2.23. The molecule has 0 heterocycles. The van der Waals surface area contributed by atoms with E-state index in [1.807, 2.05) is 13.8 Å². The molecule has 3 amide bonds. The van der Waals surface area contributed by atoms with Gasteiger partial charge in [-0.2, -0.15) is 0 Å². The topological polar surface area (TPSA) is 111 Å². The molecule has 0 aromatic heterocycles. The van der Waals surface area contributed by atoms with E-state index < -0.39 is 6.03 Å². The number of rotatable bonds is 5. The van der Waals surface area contributed by atoms with Gasteiger partial charge in [-0.15, -0.1) is 0 Å². The first-order chi connectivity index (χ1) is 11.9. The second-order valence-corrected chi connectivity index (χ2v) is 5.73. The fourth-order valence-electron chi connectivity index (χ4n) is 2.21. The normalized spacial score (nSPS) is 9.69. The summed E-state index contributed by atoms with van der Waals surface area (Å²) in [6, 6.07) is 9.58. The average Bonchev–Trinajstić information content (AvgIpc) is 2.58. The van der Waals surface area contributed by atoms with E-state index >= 15 is 0 Å². The van der Waals surface area contributed by atoms with Crippen LogP contribution in [0.1, 0.15) is 22.8 Å². The lowest BCUT2D eigenvalue weighted by atomic mass is 10.2. The predicted octanol–water partition coefficient (Wildman–Crippen LogP) is 3.23. The summed E-state index contributed by atoms with van der Waals surface area (Å²) in [5.74, 6) is 0.312. The molecule has 26 heavy (non-hydrogen) atoms. The molecule has 0 saturated carbocycles. The molecule has 5 N–H and O–H groups in total. The van der Waals surface area contributed by atoms with Crippen LogP contribution in [0.5, 0.6) is 5.75 Å². The zero-order chi connectivity index (χ0) is 18.4. The Morgan fingerprint density at radius 3 is 2.54 bits per heavy atom. The number of halogens is 1. The monoisotopic (exact) mass is 379 g/mol. The first-order valence-electron chi connectivity index (χ1n) is 7.75. The molecule has 0 bridgehead atoms. The minimum atomic E-state index is -0.466. The molecule has 0 fully saturated rings. The number of anilines is 2. The number of carbonyl (C=O) groups excluding carboxylic acids is 2. The Hall–Kier alpha value is -2.77. The molecule has 0 spiro atoms. The second kappa shape index (κ2) is 9.65. The van der Waals surface area contributed by atoms with Crippen molar-refractivity contribution in [1.29, 1.82) is 0 Å². The number of carbonyl (C=O) groups is 2. The van der Waals surface area contributed by atoms with Crippen LogP contribution in [0.3, 0.4) is 0 Å². The molecule has 2 rings (SSSR count). The summed E-state index contributed by atoms with van der Waals surface area (Å²) in [7, 11) is 1.52. The highest BCUT2D eigenvalue weighted by Crippen LogP contribution is 2.31. The largest absolute Gasteiger partial charge is 0.495 e. The number of hydrogen-bond donors (Lipinski definition) is 3. The molecule has 140 valence electrons. The van der Waals surface area contributed by atoms with Crippen molar-refractivity contribution in [2.75, 3.05) is 24.3 Å². The molecule has 0 aliphatic carbocycles. The van der Waals surface area contributed by atoms with Crippen LogP contribution in [0.15, 0.2) is 36.4 Å². The summed E-state index contributed by atoms with van der Waals surface area (Å²) in [5.41, 5.74) is 2.27. The third-order valence-electron chi connectivity index (χ3n) is 3.45. The molecule has 0 atom stereocenters. The van der Waals surface area contributed by atoms with E-state index in [1.165, 1.54) is 7.11 Å². The van der Waals surface area contributed by atoms with Crippen molar-refractivity contribution in [3.05, 3.63) is 52.5 Å². The van der Waals surface area contributed by atoms with Crippen molar-refractivity contribution < 1.29 is 19.8 Å². The van der Waals surface area contributed by atoms with Gasteiger partial charge in [0, 0.05) is 22.8 Å². The molecule has 0 radical (unpaired) electrons. The van der Waals surface area contributed by atoms with Gasteiger partial charge in [0.25, 0.3) is 5.91 Å². The van der Waals surface area contributed by atoms with E-state index in [9.17, 15) is 9.59 Å². The maximum atomic E-state index is 12.2. The van der Waals surface area contributed by atoms with Crippen LogP contribution in [0.4, 0.5) is 16.2 Å². The molecule has 0 aliphatic rings. The van der Waals surface area contributed by atoms with Gasteiger partial charge in [-0.25, -0.2) is 4.79 Å². The molecule has 0 unspecified atom stereocenters. The SMILES string of the molecule is CCNC(=O)c1cccc(NC(=O)Nc2cc(Cl)c(C)cc2OC)c1.O. The Morgan fingerprint density at radius 1 is 1.15 bits per heavy atom. The number of amides is 3. The summed E-state index contributed by atoms with van der Waals surface area (Å²) in [5, 5.41) is 8.61. The molecular formula is C18H22ClN3O4. The maximum absolute atomic E-state index is 12.2. The molecule has 2 aromatic rings. The Bertz CT molecular complexity index is 796. The highest BCUT2D eigenvalue weighted by molar-refractivity contribution is 6.31. The fraction of sp³-hybridized carbons (Fsp3) is 0.222. The molecule has 0 aliphatic heterocycles. The minimum absolute atomic E-state index is 0. The van der Waals surface area contributed by atoms with Crippen molar-refractivity contribution >= 4 is 34.9 Å². The van der Waals surface area contributed by atoms with Crippen molar-refractivity contribution in [3.8, 4) is 5.75 Å². The zero-order valence-electron chi connectivity index (χ0n) is 14.8. The lowest BCUT2D eigenvalue weighted by Gasteiger charge is -2.13. The highest BCUT2D eigenvalue weighted by atomic mass is 35.5. The number of benzene rings is 2. The van der Waals surface area contributed by atoms with Gasteiger partial charge >= 0.3 is 6.03 Å². The molecule has 7 nitrogen and oxygen atoms in total. The number of nitrogens with one attached hydrogen (secondary N) is 3. The molecule has 2 aromatic carbocycles. The maximum Gasteiger partial charge on any atom is 0.323 e.